The van der Waals surface area contributed by atoms with Gasteiger partial charge in [-0.15, -0.1) is 20.8 Å². The van der Waals surface area contributed by atoms with E-state index in [1.807, 2.05) is 0 Å². The summed E-state index contributed by atoms with van der Waals surface area (Å²) in [5.41, 5.74) is 24.4. The summed E-state index contributed by atoms with van der Waals surface area (Å²) in [7, 11) is 0. The van der Waals surface area contributed by atoms with Crippen molar-refractivity contribution < 1.29 is 4.79 Å². The molecule has 0 radical (unpaired) electrons. The van der Waals surface area contributed by atoms with Crippen molar-refractivity contribution in [2.45, 2.75) is 0 Å². The summed E-state index contributed by atoms with van der Waals surface area (Å²) in [6.07, 6.45) is 0. The summed E-state index contributed by atoms with van der Waals surface area (Å²) in [6, 6.07) is -1.21. The highest BCUT2D eigenvalue weighted by Crippen LogP contribution is 2.07. The normalized spacial score (nSPS) is 8.24. The molecule has 0 spiro atoms. The van der Waals surface area contributed by atoms with Gasteiger partial charge in [0.1, 0.15) is 0 Å². The number of aromatic nitrogens is 4. The Morgan fingerprint density at radius 1 is 1.24 bits per heavy atom. The minimum atomic E-state index is -1.21. The second-order valence-corrected chi connectivity index (χ2v) is 2.01. The molecule has 17 heavy (non-hydrogen) atoms. The van der Waals surface area contributed by atoms with Crippen LogP contribution in [0.4, 0.5) is 10.7 Å². The third-order valence-electron chi connectivity index (χ3n) is 1.19. The first-order valence-electron chi connectivity index (χ1n) is 3.52. The minimum Gasteiger partial charge on any atom is -0.216 e. The molecule has 1 heterocycles. The fourth-order valence-corrected chi connectivity index (χ4v) is 0.663. The van der Waals surface area contributed by atoms with Gasteiger partial charge in [-0.3, -0.25) is 0 Å². The van der Waals surface area contributed by atoms with Gasteiger partial charge in [0.05, 0.1) is 0 Å². The van der Waals surface area contributed by atoms with E-state index in [0.717, 1.165) is 0 Å². The molecule has 1 rings (SSSR count). The molecule has 1 amide bonds. The highest BCUT2D eigenvalue weighted by Gasteiger charge is 2.22. The highest BCUT2D eigenvalue weighted by atomic mass is 16.2. The predicted molar refractivity (Wildman–Crippen MR) is 47.5 cm³/mol. The van der Waals surface area contributed by atoms with Crippen molar-refractivity contribution in [2.24, 2.45) is 15.6 Å². The van der Waals surface area contributed by atoms with E-state index in [-0.39, 0.29) is 5.12 Å². The molecular weight excluding hydrogens is 236 g/mol. The average Bonchev–Trinajstić information content (AvgIpc) is 2.77. The number of nitrogens with zero attached hydrogens (tertiary/aromatic N) is 14. The van der Waals surface area contributed by atoms with E-state index in [4.69, 9.17) is 16.6 Å². The van der Waals surface area contributed by atoms with Crippen LogP contribution in [0.15, 0.2) is 15.6 Å². The Morgan fingerprint density at radius 2 is 1.88 bits per heavy atom. The van der Waals surface area contributed by atoms with Crippen molar-refractivity contribution in [2.75, 3.05) is 0 Å². The van der Waals surface area contributed by atoms with Crippen molar-refractivity contribution in [3.8, 4) is 0 Å². The molecule has 0 atom stereocenters. The van der Waals surface area contributed by atoms with Gasteiger partial charge in [0.15, 0.2) is 0 Å². The Kier molecular flexibility index (Phi) is 3.65. The van der Waals surface area contributed by atoms with Crippen molar-refractivity contribution in [1.82, 2.24) is 25.3 Å². The lowest BCUT2D eigenvalue weighted by Gasteiger charge is -2.03. The van der Waals surface area contributed by atoms with Gasteiger partial charge in [-0.2, -0.15) is 9.82 Å². The zero-order valence-corrected chi connectivity index (χ0v) is 7.67. The number of hydrogen-bond acceptors (Lipinski definition) is 7. The summed E-state index contributed by atoms with van der Waals surface area (Å²) in [6.45, 7) is 0. The Morgan fingerprint density at radius 3 is 2.41 bits per heavy atom. The van der Waals surface area contributed by atoms with Crippen LogP contribution in [0, 0.1) is 0 Å². The summed E-state index contributed by atoms with van der Waals surface area (Å²) < 4.78 is 0.378. The van der Waals surface area contributed by atoms with Crippen molar-refractivity contribution in [3.63, 3.8) is 0 Å². The molecule has 0 aromatic carbocycles. The molecule has 1 aromatic rings. The van der Waals surface area contributed by atoms with E-state index < -0.39 is 12.0 Å². The molecule has 0 N–H and O–H groups in total. The zero-order valence-electron chi connectivity index (χ0n) is 7.67. The summed E-state index contributed by atoms with van der Waals surface area (Å²) >= 11 is 0. The number of azide groups is 2. The number of carbonyl (C=O) groups is 1. The van der Waals surface area contributed by atoms with Crippen LogP contribution in [0.5, 0.6) is 0 Å². The number of tetrazole rings is 1. The summed E-state index contributed by atoms with van der Waals surface area (Å²) in [5.74, 6) is -0.510. The summed E-state index contributed by atoms with van der Waals surface area (Å²) in [5, 5.41) is 17.9. The van der Waals surface area contributed by atoms with E-state index in [0.29, 0.717) is 4.68 Å². The van der Waals surface area contributed by atoms with Crippen molar-refractivity contribution >= 4 is 12.0 Å². The van der Waals surface area contributed by atoms with E-state index in [1.54, 1.807) is 0 Å². The molecule has 0 aliphatic carbocycles. The molecule has 0 aliphatic heterocycles. The highest BCUT2D eigenvalue weighted by molar-refractivity contribution is 5.77. The minimum absolute atomic E-state index is 0.0345. The van der Waals surface area contributed by atoms with E-state index in [1.165, 1.54) is 0 Å². The molecule has 15 nitrogen and oxygen atoms in total. The monoisotopic (exact) mass is 236 g/mol. The van der Waals surface area contributed by atoms with Gasteiger partial charge in [0.25, 0.3) is 0 Å². The Labute approximate surface area is 90.0 Å². The maximum atomic E-state index is 11.5. The Bertz CT molecular complexity index is 543. The number of carbonyl (C=O) groups excluding carboxylic acids is 1. The molecule has 0 saturated carbocycles. The summed E-state index contributed by atoms with van der Waals surface area (Å²) in [4.78, 5) is 18.4. The number of rotatable bonds is 3. The van der Waals surface area contributed by atoms with Crippen LogP contribution in [-0.2, 0) is 0 Å². The first kappa shape index (κ1) is 11.5. The molecular formula is C2N14O. The predicted octanol–water partition coefficient (Wildman–Crippen LogP) is 1.34. The molecule has 84 valence electrons. The van der Waals surface area contributed by atoms with Crippen LogP contribution in [0.3, 0.4) is 0 Å². The standard InChI is InChI=1S/C2N14O/c3-8-6-1-7-11-14-15(1)2(17)16(12-9-4)13-10-5. The second-order valence-electron chi connectivity index (χ2n) is 2.01. The molecule has 15 heteroatoms. The van der Waals surface area contributed by atoms with Crippen molar-refractivity contribution in [3.05, 3.63) is 31.3 Å². The van der Waals surface area contributed by atoms with Crippen LogP contribution in [-0.4, -0.2) is 31.4 Å². The van der Waals surface area contributed by atoms with Crippen LogP contribution in [0.25, 0.3) is 31.3 Å². The topological polar surface area (TPSA) is 210 Å². The fraction of sp³-hybridized carbons (Fsp3) is 0. The van der Waals surface area contributed by atoms with Crippen molar-refractivity contribution in [1.29, 1.82) is 0 Å². The average molecular weight is 236 g/mol. The molecule has 0 unspecified atom stereocenters. The van der Waals surface area contributed by atoms with Gasteiger partial charge in [-0.1, -0.05) is 5.12 Å². The molecule has 0 saturated heterocycles. The van der Waals surface area contributed by atoms with E-state index in [9.17, 15) is 4.79 Å². The van der Waals surface area contributed by atoms with Gasteiger partial charge in [-0.05, 0) is 21.1 Å². The second kappa shape index (κ2) is 5.38. The van der Waals surface area contributed by atoms with Crippen LogP contribution < -0.4 is 0 Å². The first-order valence-corrected chi connectivity index (χ1v) is 3.52. The van der Waals surface area contributed by atoms with Crippen LogP contribution >= 0.6 is 0 Å². The quantitative estimate of drug-likeness (QED) is 0.249. The fourth-order valence-electron chi connectivity index (χ4n) is 0.663. The van der Waals surface area contributed by atoms with Gasteiger partial charge in [-0.25, -0.2) is 4.79 Å². The van der Waals surface area contributed by atoms with E-state index >= 15 is 0 Å². The van der Waals surface area contributed by atoms with Crippen LogP contribution in [0.2, 0.25) is 0 Å². The van der Waals surface area contributed by atoms with Gasteiger partial charge < -0.3 is 0 Å². The Balaban J connectivity index is 3.17. The smallest absolute Gasteiger partial charge is 0.216 e. The first-order chi connectivity index (χ1) is 8.24. The SMILES string of the molecule is [N-]=[N+]=Nc1nnnn1C(=O)N(N=[N+]=[N-])N=[N+]=[N-]. The lowest BCUT2D eigenvalue weighted by atomic mass is 10.9. The third kappa shape index (κ3) is 2.48. The zero-order chi connectivity index (χ0) is 12.7. The molecule has 1 aromatic heterocycles. The maximum Gasteiger partial charge on any atom is 0.453 e. The number of amides is 1. The molecule has 0 aliphatic rings. The van der Waals surface area contributed by atoms with Crippen LogP contribution in [0.1, 0.15) is 0 Å². The molecule has 0 fully saturated rings. The lowest BCUT2D eigenvalue weighted by molar-refractivity contribution is 0.198. The largest absolute Gasteiger partial charge is 0.453 e. The van der Waals surface area contributed by atoms with E-state index in [2.05, 4.69) is 45.8 Å². The Hall–Kier alpha value is -3.53. The lowest BCUT2D eigenvalue weighted by Crippen LogP contribution is -2.25. The van der Waals surface area contributed by atoms with Gasteiger partial charge in [0.2, 0.25) is 5.95 Å². The maximum absolute atomic E-state index is 11.5. The van der Waals surface area contributed by atoms with Gasteiger partial charge in [0, 0.05) is 15.4 Å². The van der Waals surface area contributed by atoms with Gasteiger partial charge >= 0.3 is 6.03 Å². The molecule has 0 bridgehead atoms. The third-order valence-corrected chi connectivity index (χ3v) is 1.19. The number of hydrogen-bond donors (Lipinski definition) is 0.